The normalized spacial score (nSPS) is 11.1. The van der Waals surface area contributed by atoms with Gasteiger partial charge in [0.2, 0.25) is 0 Å². The highest BCUT2D eigenvalue weighted by molar-refractivity contribution is 6.39. The van der Waals surface area contributed by atoms with Crippen LogP contribution in [-0.2, 0) is 6.42 Å². The Morgan fingerprint density at radius 1 is 0.897 bits per heavy atom. The molecule has 1 aromatic heterocycles. The Balaban J connectivity index is 1.45. The van der Waals surface area contributed by atoms with Crippen molar-refractivity contribution in [3.8, 4) is 11.4 Å². The SMILES string of the molecule is O=C(CCCCc1ccccc1)c1ccc2nc(-c3c(Cl)cccc3Cl)[nH]c2c1. The van der Waals surface area contributed by atoms with Gasteiger partial charge in [-0.3, -0.25) is 4.79 Å². The monoisotopic (exact) mass is 422 g/mol. The first-order chi connectivity index (χ1) is 14.1. The van der Waals surface area contributed by atoms with Gasteiger partial charge in [0.25, 0.3) is 0 Å². The third-order valence-electron chi connectivity index (χ3n) is 4.97. The second kappa shape index (κ2) is 8.81. The standard InChI is InChI=1S/C24H20Cl2N2O/c25-18-10-6-11-19(26)23(18)24-27-20-14-13-17(15-21(20)28-24)22(29)12-5-4-9-16-7-2-1-3-8-16/h1-3,6-8,10-11,13-15H,4-5,9,12H2,(H,27,28). The number of halogens is 2. The van der Waals surface area contributed by atoms with Gasteiger partial charge in [-0.15, -0.1) is 0 Å². The number of aromatic nitrogens is 2. The molecule has 0 spiro atoms. The highest BCUT2D eigenvalue weighted by atomic mass is 35.5. The van der Waals surface area contributed by atoms with Gasteiger partial charge < -0.3 is 4.98 Å². The molecule has 1 N–H and O–H groups in total. The topological polar surface area (TPSA) is 45.8 Å². The molecule has 0 saturated carbocycles. The number of nitrogens with one attached hydrogen (secondary N) is 1. The first-order valence-corrected chi connectivity index (χ1v) is 10.4. The van der Waals surface area contributed by atoms with Gasteiger partial charge in [-0.05, 0) is 55.2 Å². The number of nitrogens with zero attached hydrogens (tertiary/aromatic N) is 1. The number of benzene rings is 3. The summed E-state index contributed by atoms with van der Waals surface area (Å²) < 4.78 is 0. The summed E-state index contributed by atoms with van der Waals surface area (Å²) in [6, 6.07) is 21.3. The lowest BCUT2D eigenvalue weighted by Crippen LogP contribution is -1.99. The summed E-state index contributed by atoms with van der Waals surface area (Å²) in [5, 5.41) is 1.07. The zero-order chi connectivity index (χ0) is 20.2. The third kappa shape index (κ3) is 4.52. The fourth-order valence-electron chi connectivity index (χ4n) is 3.43. The van der Waals surface area contributed by atoms with Crippen LogP contribution in [0.25, 0.3) is 22.4 Å². The lowest BCUT2D eigenvalue weighted by atomic mass is 10.0. The van der Waals surface area contributed by atoms with E-state index in [4.69, 9.17) is 23.2 Å². The molecule has 0 radical (unpaired) electrons. The van der Waals surface area contributed by atoms with Crippen molar-refractivity contribution in [1.82, 2.24) is 9.97 Å². The van der Waals surface area contributed by atoms with E-state index in [0.29, 0.717) is 33.4 Å². The molecule has 29 heavy (non-hydrogen) atoms. The van der Waals surface area contributed by atoms with E-state index in [-0.39, 0.29) is 5.78 Å². The molecule has 5 heteroatoms. The van der Waals surface area contributed by atoms with Crippen molar-refractivity contribution < 1.29 is 4.79 Å². The fourth-order valence-corrected chi connectivity index (χ4v) is 4.01. The lowest BCUT2D eigenvalue weighted by Gasteiger charge is -2.03. The number of hydrogen-bond acceptors (Lipinski definition) is 2. The zero-order valence-corrected chi connectivity index (χ0v) is 17.3. The number of carbonyl (C=O) groups is 1. The largest absolute Gasteiger partial charge is 0.338 e. The number of hydrogen-bond donors (Lipinski definition) is 1. The van der Waals surface area contributed by atoms with E-state index in [1.807, 2.05) is 36.4 Å². The van der Waals surface area contributed by atoms with Crippen molar-refractivity contribution >= 4 is 40.0 Å². The molecule has 0 aliphatic rings. The van der Waals surface area contributed by atoms with E-state index >= 15 is 0 Å². The van der Waals surface area contributed by atoms with Crippen LogP contribution >= 0.6 is 23.2 Å². The quantitative estimate of drug-likeness (QED) is 0.254. The minimum absolute atomic E-state index is 0.145. The van der Waals surface area contributed by atoms with Crippen LogP contribution in [-0.4, -0.2) is 15.8 Å². The van der Waals surface area contributed by atoms with E-state index in [2.05, 4.69) is 22.1 Å². The lowest BCUT2D eigenvalue weighted by molar-refractivity contribution is 0.0979. The van der Waals surface area contributed by atoms with Crippen LogP contribution in [0.2, 0.25) is 10.0 Å². The molecule has 0 fully saturated rings. The molecule has 4 aromatic rings. The maximum Gasteiger partial charge on any atom is 0.162 e. The highest BCUT2D eigenvalue weighted by Crippen LogP contribution is 2.34. The maximum absolute atomic E-state index is 12.6. The summed E-state index contributed by atoms with van der Waals surface area (Å²) in [5.41, 5.74) is 4.24. The number of H-pyrrole nitrogens is 1. The van der Waals surface area contributed by atoms with Gasteiger partial charge in [-0.1, -0.05) is 59.6 Å². The second-order valence-corrected chi connectivity index (χ2v) is 7.84. The van der Waals surface area contributed by atoms with Gasteiger partial charge >= 0.3 is 0 Å². The number of unbranched alkanes of at least 4 members (excludes halogenated alkanes) is 1. The molecule has 0 atom stereocenters. The molecular weight excluding hydrogens is 403 g/mol. The molecule has 146 valence electrons. The van der Waals surface area contributed by atoms with Crippen molar-refractivity contribution in [2.24, 2.45) is 0 Å². The van der Waals surface area contributed by atoms with Gasteiger partial charge in [0.15, 0.2) is 5.78 Å². The minimum Gasteiger partial charge on any atom is -0.338 e. The first-order valence-electron chi connectivity index (χ1n) is 9.63. The van der Waals surface area contributed by atoms with Crippen LogP contribution in [0.1, 0.15) is 35.2 Å². The fraction of sp³-hybridized carbons (Fsp3) is 0.167. The first kappa shape index (κ1) is 19.7. The number of aryl methyl sites for hydroxylation is 1. The van der Waals surface area contributed by atoms with Crippen LogP contribution < -0.4 is 0 Å². The van der Waals surface area contributed by atoms with Crippen LogP contribution in [0.5, 0.6) is 0 Å². The van der Waals surface area contributed by atoms with Gasteiger partial charge in [0.1, 0.15) is 5.82 Å². The summed E-state index contributed by atoms with van der Waals surface area (Å²) in [6.45, 7) is 0. The number of Topliss-reactive ketones (excluding diaryl/α,β-unsaturated/α-hetero) is 1. The van der Waals surface area contributed by atoms with Crippen LogP contribution in [0, 0.1) is 0 Å². The Labute approximate surface area is 179 Å². The van der Waals surface area contributed by atoms with Crippen molar-refractivity contribution in [3.63, 3.8) is 0 Å². The predicted molar refractivity (Wildman–Crippen MR) is 120 cm³/mol. The van der Waals surface area contributed by atoms with Crippen molar-refractivity contribution in [2.75, 3.05) is 0 Å². The Bertz CT molecular complexity index is 1130. The van der Waals surface area contributed by atoms with Gasteiger partial charge in [-0.25, -0.2) is 4.98 Å². The molecule has 0 saturated heterocycles. The van der Waals surface area contributed by atoms with Crippen LogP contribution in [0.4, 0.5) is 0 Å². The summed E-state index contributed by atoms with van der Waals surface area (Å²) >= 11 is 12.6. The second-order valence-electron chi connectivity index (χ2n) is 7.03. The van der Waals surface area contributed by atoms with Crippen molar-refractivity contribution in [3.05, 3.63) is 87.9 Å². The van der Waals surface area contributed by atoms with E-state index in [1.54, 1.807) is 18.2 Å². The molecule has 3 aromatic carbocycles. The Morgan fingerprint density at radius 2 is 1.66 bits per heavy atom. The molecule has 1 heterocycles. The molecule has 0 bridgehead atoms. The molecule has 3 nitrogen and oxygen atoms in total. The van der Waals surface area contributed by atoms with Crippen molar-refractivity contribution in [1.29, 1.82) is 0 Å². The number of aromatic amines is 1. The van der Waals surface area contributed by atoms with E-state index < -0.39 is 0 Å². The van der Waals surface area contributed by atoms with Crippen molar-refractivity contribution in [2.45, 2.75) is 25.7 Å². The summed E-state index contributed by atoms with van der Waals surface area (Å²) in [4.78, 5) is 20.4. The molecule has 0 aliphatic carbocycles. The van der Waals surface area contributed by atoms with E-state index in [0.717, 1.165) is 30.3 Å². The molecule has 0 amide bonds. The van der Waals surface area contributed by atoms with Gasteiger partial charge in [0.05, 0.1) is 26.6 Å². The molecule has 4 rings (SSSR count). The number of fused-ring (bicyclic) bond motifs is 1. The summed E-state index contributed by atoms with van der Waals surface area (Å²) in [7, 11) is 0. The predicted octanol–water partition coefficient (Wildman–Crippen LogP) is 7.13. The molecule has 0 aliphatic heterocycles. The number of carbonyl (C=O) groups excluding carboxylic acids is 1. The van der Waals surface area contributed by atoms with Gasteiger partial charge in [-0.2, -0.15) is 0 Å². The minimum atomic E-state index is 0.145. The average Bonchev–Trinajstić information content (AvgIpc) is 3.14. The number of ketones is 1. The van der Waals surface area contributed by atoms with Gasteiger partial charge in [0, 0.05) is 12.0 Å². The smallest absolute Gasteiger partial charge is 0.162 e. The van der Waals surface area contributed by atoms with E-state index in [1.165, 1.54) is 5.56 Å². The number of imidazole rings is 1. The Kier molecular flexibility index (Phi) is 5.98. The van der Waals surface area contributed by atoms with E-state index in [9.17, 15) is 4.79 Å². The molecule has 0 unspecified atom stereocenters. The maximum atomic E-state index is 12.6. The zero-order valence-electron chi connectivity index (χ0n) is 15.8. The van der Waals surface area contributed by atoms with Crippen LogP contribution in [0.15, 0.2) is 66.7 Å². The summed E-state index contributed by atoms with van der Waals surface area (Å²) in [6.07, 6.45) is 3.40. The average molecular weight is 423 g/mol. The highest BCUT2D eigenvalue weighted by Gasteiger charge is 2.14. The number of rotatable bonds is 7. The van der Waals surface area contributed by atoms with Crippen LogP contribution in [0.3, 0.4) is 0 Å². The Morgan fingerprint density at radius 3 is 2.41 bits per heavy atom. The Hall–Kier alpha value is -2.62. The summed E-state index contributed by atoms with van der Waals surface area (Å²) in [5.74, 6) is 0.745. The molecular formula is C24H20Cl2N2O. The third-order valence-corrected chi connectivity index (χ3v) is 5.60.